The van der Waals surface area contributed by atoms with E-state index < -0.39 is 15.8 Å². The van der Waals surface area contributed by atoms with Crippen LogP contribution in [0.2, 0.25) is 0 Å². The lowest BCUT2D eigenvalue weighted by atomic mass is 10.2. The predicted octanol–water partition coefficient (Wildman–Crippen LogP) is 2.03. The maximum atomic E-state index is 13.8. The molecule has 1 aromatic carbocycles. The number of piperazine rings is 1. The zero-order valence-electron chi connectivity index (χ0n) is 13.9. The molecule has 0 spiro atoms. The fourth-order valence-electron chi connectivity index (χ4n) is 2.61. The molecule has 1 fully saturated rings. The molecule has 2 rings (SSSR count). The van der Waals surface area contributed by atoms with Crippen LogP contribution in [-0.2, 0) is 10.0 Å². The number of hydrogen-bond acceptors (Lipinski definition) is 3. The van der Waals surface area contributed by atoms with Crippen molar-refractivity contribution in [2.45, 2.75) is 31.1 Å². The van der Waals surface area contributed by atoms with Crippen LogP contribution in [0.5, 0.6) is 0 Å². The van der Waals surface area contributed by atoms with Gasteiger partial charge in [-0.25, -0.2) is 17.6 Å². The Balaban J connectivity index is 1.90. The van der Waals surface area contributed by atoms with E-state index in [1.165, 1.54) is 22.5 Å². The Bertz CT molecular complexity index is 658. The van der Waals surface area contributed by atoms with E-state index >= 15 is 0 Å². The van der Waals surface area contributed by atoms with Crippen LogP contribution in [0.15, 0.2) is 29.2 Å². The molecular formula is C16H24FN3O3S. The lowest BCUT2D eigenvalue weighted by Gasteiger charge is -2.34. The minimum Gasteiger partial charge on any atom is -0.338 e. The van der Waals surface area contributed by atoms with Gasteiger partial charge in [-0.3, -0.25) is 0 Å². The van der Waals surface area contributed by atoms with Crippen LogP contribution in [0.4, 0.5) is 9.18 Å². The summed E-state index contributed by atoms with van der Waals surface area (Å²) in [5.41, 5.74) is 0. The lowest BCUT2D eigenvalue weighted by molar-refractivity contribution is 0.172. The molecule has 2 amide bonds. The molecule has 134 valence electrons. The summed E-state index contributed by atoms with van der Waals surface area (Å²) in [4.78, 5) is 13.3. The van der Waals surface area contributed by atoms with Gasteiger partial charge >= 0.3 is 6.03 Å². The number of rotatable bonds is 6. The van der Waals surface area contributed by atoms with Gasteiger partial charge in [-0.05, 0) is 18.6 Å². The molecule has 6 nitrogen and oxygen atoms in total. The van der Waals surface area contributed by atoms with Gasteiger partial charge < -0.3 is 10.2 Å². The molecule has 0 unspecified atom stereocenters. The van der Waals surface area contributed by atoms with E-state index in [2.05, 4.69) is 12.2 Å². The summed E-state index contributed by atoms with van der Waals surface area (Å²) in [5.74, 6) is -0.756. The Morgan fingerprint density at radius 2 is 1.83 bits per heavy atom. The average molecular weight is 357 g/mol. The highest BCUT2D eigenvalue weighted by Crippen LogP contribution is 2.20. The Kier molecular flexibility index (Phi) is 6.56. The summed E-state index contributed by atoms with van der Waals surface area (Å²) < 4.78 is 40.0. The highest BCUT2D eigenvalue weighted by Gasteiger charge is 2.31. The summed E-state index contributed by atoms with van der Waals surface area (Å²) in [6.45, 7) is 3.65. The minimum atomic E-state index is -3.87. The van der Waals surface area contributed by atoms with Crippen molar-refractivity contribution >= 4 is 16.1 Å². The van der Waals surface area contributed by atoms with Crippen molar-refractivity contribution in [2.24, 2.45) is 0 Å². The van der Waals surface area contributed by atoms with Gasteiger partial charge in [-0.1, -0.05) is 31.9 Å². The first-order chi connectivity index (χ1) is 11.5. The van der Waals surface area contributed by atoms with Crippen molar-refractivity contribution in [3.8, 4) is 0 Å². The Morgan fingerprint density at radius 1 is 1.17 bits per heavy atom. The van der Waals surface area contributed by atoms with Crippen LogP contribution in [0.1, 0.15) is 26.2 Å². The highest BCUT2D eigenvalue weighted by molar-refractivity contribution is 7.89. The zero-order chi connectivity index (χ0) is 17.6. The first-order valence-corrected chi connectivity index (χ1v) is 9.68. The maximum Gasteiger partial charge on any atom is 0.317 e. The van der Waals surface area contributed by atoms with E-state index in [0.29, 0.717) is 19.6 Å². The summed E-state index contributed by atoms with van der Waals surface area (Å²) in [6.07, 6.45) is 3.08. The molecule has 0 aromatic heterocycles. The van der Waals surface area contributed by atoms with Crippen LogP contribution >= 0.6 is 0 Å². The van der Waals surface area contributed by atoms with Gasteiger partial charge in [0.1, 0.15) is 10.7 Å². The Labute approximate surface area is 142 Å². The standard InChI is InChI=1S/C16H24FN3O3S/c1-2-3-6-9-18-16(21)19-10-12-20(13-11-19)24(22,23)15-8-5-4-7-14(15)17/h4-5,7-8H,2-3,6,9-13H2,1H3,(H,18,21). The molecule has 24 heavy (non-hydrogen) atoms. The molecule has 1 aromatic rings. The van der Waals surface area contributed by atoms with Crippen molar-refractivity contribution in [3.05, 3.63) is 30.1 Å². The Hall–Kier alpha value is -1.67. The normalized spacial score (nSPS) is 16.2. The van der Waals surface area contributed by atoms with Crippen molar-refractivity contribution in [3.63, 3.8) is 0 Å². The fourth-order valence-corrected chi connectivity index (χ4v) is 4.09. The second-order valence-corrected chi connectivity index (χ2v) is 7.67. The van der Waals surface area contributed by atoms with Crippen LogP contribution in [-0.4, -0.2) is 56.4 Å². The number of hydrogen-bond donors (Lipinski definition) is 1. The number of nitrogens with zero attached hydrogens (tertiary/aromatic N) is 2. The molecule has 1 N–H and O–H groups in total. The molecule has 1 aliphatic heterocycles. The molecule has 0 bridgehead atoms. The number of urea groups is 1. The number of carbonyl (C=O) groups is 1. The summed E-state index contributed by atoms with van der Waals surface area (Å²) in [5, 5.41) is 2.84. The van der Waals surface area contributed by atoms with E-state index in [4.69, 9.17) is 0 Å². The number of sulfonamides is 1. The molecule has 0 aliphatic carbocycles. The van der Waals surface area contributed by atoms with Crippen molar-refractivity contribution in [2.75, 3.05) is 32.7 Å². The third kappa shape index (κ3) is 4.45. The molecular weight excluding hydrogens is 333 g/mol. The molecule has 1 aliphatic rings. The minimum absolute atomic E-state index is 0.166. The number of halogens is 1. The van der Waals surface area contributed by atoms with Gasteiger partial charge in [0.25, 0.3) is 0 Å². The van der Waals surface area contributed by atoms with Crippen molar-refractivity contribution in [1.29, 1.82) is 0 Å². The number of nitrogens with one attached hydrogen (secondary N) is 1. The molecule has 1 saturated heterocycles. The van der Waals surface area contributed by atoms with Crippen LogP contribution < -0.4 is 5.32 Å². The first-order valence-electron chi connectivity index (χ1n) is 8.24. The number of amides is 2. The molecule has 8 heteroatoms. The van der Waals surface area contributed by atoms with E-state index in [9.17, 15) is 17.6 Å². The fraction of sp³-hybridized carbons (Fsp3) is 0.562. The van der Waals surface area contributed by atoms with Crippen LogP contribution in [0, 0.1) is 5.82 Å². The Morgan fingerprint density at radius 3 is 2.46 bits per heavy atom. The second-order valence-electron chi connectivity index (χ2n) is 5.76. The highest BCUT2D eigenvalue weighted by atomic mass is 32.2. The number of unbranched alkanes of at least 4 members (excludes halogenated alkanes) is 2. The monoisotopic (exact) mass is 357 g/mol. The topological polar surface area (TPSA) is 69.7 Å². The average Bonchev–Trinajstić information content (AvgIpc) is 2.59. The SMILES string of the molecule is CCCCCNC(=O)N1CCN(S(=O)(=O)c2ccccc2F)CC1. The van der Waals surface area contributed by atoms with Crippen molar-refractivity contribution in [1.82, 2.24) is 14.5 Å². The third-order valence-corrected chi connectivity index (χ3v) is 5.97. The second kappa shape index (κ2) is 8.43. The van der Waals surface area contributed by atoms with Gasteiger partial charge in [-0.2, -0.15) is 4.31 Å². The lowest BCUT2D eigenvalue weighted by Crippen LogP contribution is -2.53. The van der Waals surface area contributed by atoms with Gasteiger partial charge in [0.2, 0.25) is 10.0 Å². The van der Waals surface area contributed by atoms with Gasteiger partial charge in [0.15, 0.2) is 0 Å². The smallest absolute Gasteiger partial charge is 0.317 e. The summed E-state index contributed by atoms with van der Waals surface area (Å²) >= 11 is 0. The van der Waals surface area contributed by atoms with Gasteiger partial charge in [-0.15, -0.1) is 0 Å². The zero-order valence-corrected chi connectivity index (χ0v) is 14.7. The first kappa shape index (κ1) is 18.7. The van der Waals surface area contributed by atoms with E-state index in [1.54, 1.807) is 4.90 Å². The van der Waals surface area contributed by atoms with E-state index in [0.717, 1.165) is 25.3 Å². The third-order valence-electron chi connectivity index (χ3n) is 4.04. The maximum absolute atomic E-state index is 13.8. The summed E-state index contributed by atoms with van der Waals surface area (Å²) in [6, 6.07) is 5.17. The van der Waals surface area contributed by atoms with E-state index in [-0.39, 0.29) is 24.0 Å². The molecule has 1 heterocycles. The van der Waals surface area contributed by atoms with Crippen LogP contribution in [0.3, 0.4) is 0 Å². The van der Waals surface area contributed by atoms with Crippen LogP contribution in [0.25, 0.3) is 0 Å². The predicted molar refractivity (Wildman–Crippen MR) is 89.7 cm³/mol. The number of benzene rings is 1. The van der Waals surface area contributed by atoms with Crippen molar-refractivity contribution < 1.29 is 17.6 Å². The molecule has 0 radical (unpaired) electrons. The van der Waals surface area contributed by atoms with Gasteiger partial charge in [0, 0.05) is 32.7 Å². The molecule has 0 saturated carbocycles. The van der Waals surface area contributed by atoms with E-state index in [1.807, 2.05) is 0 Å². The van der Waals surface area contributed by atoms with Gasteiger partial charge in [0.05, 0.1) is 0 Å². The molecule has 0 atom stereocenters. The largest absolute Gasteiger partial charge is 0.338 e. The quantitative estimate of drug-likeness (QED) is 0.792. The summed E-state index contributed by atoms with van der Waals surface area (Å²) in [7, 11) is -3.87. The number of carbonyl (C=O) groups excluding carboxylic acids is 1.